The van der Waals surface area contributed by atoms with Gasteiger partial charge in [-0.2, -0.15) is 0 Å². The number of halogens is 1. The zero-order valence-electron chi connectivity index (χ0n) is 9.09. The molecule has 1 aromatic rings. The van der Waals surface area contributed by atoms with E-state index in [1.54, 1.807) is 12.1 Å². The van der Waals surface area contributed by atoms with Crippen LogP contribution in [-0.2, 0) is 10.2 Å². The van der Waals surface area contributed by atoms with Gasteiger partial charge in [-0.15, -0.1) is 0 Å². The van der Waals surface area contributed by atoms with Crippen molar-refractivity contribution >= 4 is 17.5 Å². The molecule has 0 saturated carbocycles. The minimum absolute atomic E-state index is 0.269. The van der Waals surface area contributed by atoms with E-state index < -0.39 is 5.41 Å². The molecule has 1 rings (SSSR count). The maximum atomic E-state index is 11.6. The molecule has 0 aliphatic heterocycles. The predicted molar refractivity (Wildman–Crippen MR) is 62.9 cm³/mol. The minimum Gasteiger partial charge on any atom is -0.369 e. The highest BCUT2D eigenvalue weighted by Crippen LogP contribution is 2.31. The molecule has 0 saturated heterocycles. The van der Waals surface area contributed by atoms with E-state index in [2.05, 4.69) is 0 Å². The van der Waals surface area contributed by atoms with Crippen LogP contribution in [0.1, 0.15) is 32.3 Å². The van der Waals surface area contributed by atoms with Gasteiger partial charge in [-0.25, -0.2) is 0 Å². The van der Waals surface area contributed by atoms with Crippen LogP contribution in [0.15, 0.2) is 24.3 Å². The fourth-order valence-corrected chi connectivity index (χ4v) is 2.04. The van der Waals surface area contributed by atoms with Crippen molar-refractivity contribution in [2.24, 2.45) is 5.73 Å². The second-order valence-corrected chi connectivity index (χ2v) is 4.10. The van der Waals surface area contributed by atoms with E-state index in [-0.39, 0.29) is 5.91 Å². The number of carbonyl (C=O) groups excluding carboxylic acids is 1. The monoisotopic (exact) mass is 225 g/mol. The average Bonchev–Trinajstić information content (AvgIpc) is 2.22. The van der Waals surface area contributed by atoms with Gasteiger partial charge in [0, 0.05) is 5.02 Å². The summed E-state index contributed by atoms with van der Waals surface area (Å²) in [4.78, 5) is 11.6. The molecule has 0 aliphatic rings. The first kappa shape index (κ1) is 12.1. The SMILES string of the molecule is CCC(CC)(C(N)=O)c1ccc(Cl)cc1. The first-order chi connectivity index (χ1) is 7.06. The molecule has 15 heavy (non-hydrogen) atoms. The summed E-state index contributed by atoms with van der Waals surface area (Å²) in [5.41, 5.74) is 5.89. The lowest BCUT2D eigenvalue weighted by Crippen LogP contribution is -2.40. The Labute approximate surface area is 95.4 Å². The third-order valence-corrected chi connectivity index (χ3v) is 3.33. The summed E-state index contributed by atoms with van der Waals surface area (Å²) in [6.07, 6.45) is 1.42. The summed E-state index contributed by atoms with van der Waals surface area (Å²) in [7, 11) is 0. The van der Waals surface area contributed by atoms with E-state index in [4.69, 9.17) is 17.3 Å². The van der Waals surface area contributed by atoms with E-state index in [9.17, 15) is 4.79 Å². The van der Waals surface area contributed by atoms with Crippen LogP contribution < -0.4 is 5.73 Å². The minimum atomic E-state index is -0.551. The van der Waals surface area contributed by atoms with Crippen molar-refractivity contribution in [3.05, 3.63) is 34.9 Å². The molecule has 0 fully saturated rings. The molecule has 82 valence electrons. The second kappa shape index (κ2) is 4.67. The summed E-state index contributed by atoms with van der Waals surface area (Å²) in [6, 6.07) is 7.33. The molecule has 1 aromatic carbocycles. The fraction of sp³-hybridized carbons (Fsp3) is 0.417. The zero-order valence-corrected chi connectivity index (χ0v) is 9.84. The van der Waals surface area contributed by atoms with Gasteiger partial charge in [0.1, 0.15) is 0 Å². The Morgan fingerprint density at radius 2 is 1.73 bits per heavy atom. The molecule has 0 spiro atoms. The number of carbonyl (C=O) groups is 1. The molecule has 0 bridgehead atoms. The summed E-state index contributed by atoms with van der Waals surface area (Å²) in [5.74, 6) is -0.269. The van der Waals surface area contributed by atoms with E-state index in [0.29, 0.717) is 17.9 Å². The van der Waals surface area contributed by atoms with Gasteiger partial charge >= 0.3 is 0 Å². The van der Waals surface area contributed by atoms with Crippen LogP contribution in [0.3, 0.4) is 0 Å². The number of hydrogen-bond donors (Lipinski definition) is 1. The Bertz CT molecular complexity index is 341. The largest absolute Gasteiger partial charge is 0.369 e. The Hall–Kier alpha value is -1.02. The van der Waals surface area contributed by atoms with Crippen LogP contribution in [0, 0.1) is 0 Å². The highest BCUT2D eigenvalue weighted by Gasteiger charge is 2.34. The number of hydrogen-bond acceptors (Lipinski definition) is 1. The average molecular weight is 226 g/mol. The van der Waals surface area contributed by atoms with Gasteiger partial charge in [0.2, 0.25) is 5.91 Å². The Kier molecular flexibility index (Phi) is 3.75. The van der Waals surface area contributed by atoms with Crippen LogP contribution in [0.25, 0.3) is 0 Å². The first-order valence-corrected chi connectivity index (χ1v) is 5.50. The second-order valence-electron chi connectivity index (χ2n) is 3.66. The fourth-order valence-electron chi connectivity index (χ4n) is 1.92. The van der Waals surface area contributed by atoms with Crippen molar-refractivity contribution in [3.8, 4) is 0 Å². The standard InChI is InChI=1S/C12H16ClNO/c1-3-12(4-2,11(14)15)9-5-7-10(13)8-6-9/h5-8H,3-4H2,1-2H3,(H2,14,15). The van der Waals surface area contributed by atoms with Crippen LogP contribution in [0.4, 0.5) is 0 Å². The van der Waals surface area contributed by atoms with Crippen molar-refractivity contribution in [1.29, 1.82) is 0 Å². The molecule has 2 nitrogen and oxygen atoms in total. The van der Waals surface area contributed by atoms with Crippen molar-refractivity contribution in [2.75, 3.05) is 0 Å². The van der Waals surface area contributed by atoms with Crippen LogP contribution in [0.5, 0.6) is 0 Å². The van der Waals surface area contributed by atoms with Crippen molar-refractivity contribution in [2.45, 2.75) is 32.1 Å². The molecule has 0 unspecified atom stereocenters. The highest BCUT2D eigenvalue weighted by molar-refractivity contribution is 6.30. The number of amides is 1. The summed E-state index contributed by atoms with van der Waals surface area (Å²) in [5, 5.41) is 0.671. The zero-order chi connectivity index (χ0) is 11.5. The summed E-state index contributed by atoms with van der Waals surface area (Å²) < 4.78 is 0. The van der Waals surface area contributed by atoms with Crippen molar-refractivity contribution < 1.29 is 4.79 Å². The van der Waals surface area contributed by atoms with Gasteiger partial charge in [-0.1, -0.05) is 37.6 Å². The van der Waals surface area contributed by atoms with E-state index in [1.807, 2.05) is 26.0 Å². The predicted octanol–water partition coefficient (Wildman–Crippen LogP) is 2.88. The Morgan fingerprint density at radius 1 is 1.27 bits per heavy atom. The van der Waals surface area contributed by atoms with Gasteiger partial charge in [0.15, 0.2) is 0 Å². The molecule has 0 heterocycles. The van der Waals surface area contributed by atoms with Gasteiger partial charge in [0.05, 0.1) is 5.41 Å². The maximum absolute atomic E-state index is 11.6. The normalized spacial score (nSPS) is 11.4. The van der Waals surface area contributed by atoms with Gasteiger partial charge < -0.3 is 5.73 Å². The first-order valence-electron chi connectivity index (χ1n) is 5.12. The molecule has 0 atom stereocenters. The Balaban J connectivity index is 3.20. The quantitative estimate of drug-likeness (QED) is 0.841. The van der Waals surface area contributed by atoms with Gasteiger partial charge in [-0.3, -0.25) is 4.79 Å². The van der Waals surface area contributed by atoms with Crippen molar-refractivity contribution in [1.82, 2.24) is 0 Å². The third kappa shape index (κ3) is 2.15. The molecule has 1 amide bonds. The molecule has 2 N–H and O–H groups in total. The lowest BCUT2D eigenvalue weighted by atomic mass is 9.75. The maximum Gasteiger partial charge on any atom is 0.228 e. The molecular weight excluding hydrogens is 210 g/mol. The van der Waals surface area contributed by atoms with E-state index in [1.165, 1.54) is 0 Å². The smallest absolute Gasteiger partial charge is 0.228 e. The molecule has 0 aromatic heterocycles. The third-order valence-electron chi connectivity index (χ3n) is 3.08. The molecule has 3 heteroatoms. The van der Waals surface area contributed by atoms with Crippen LogP contribution >= 0.6 is 11.6 Å². The lowest BCUT2D eigenvalue weighted by molar-refractivity contribution is -0.123. The van der Waals surface area contributed by atoms with E-state index >= 15 is 0 Å². The molecule has 0 radical (unpaired) electrons. The van der Waals surface area contributed by atoms with E-state index in [0.717, 1.165) is 5.56 Å². The van der Waals surface area contributed by atoms with Crippen LogP contribution in [0.2, 0.25) is 5.02 Å². The number of benzene rings is 1. The number of primary amides is 1. The van der Waals surface area contributed by atoms with Gasteiger partial charge in [0.25, 0.3) is 0 Å². The topological polar surface area (TPSA) is 43.1 Å². The highest BCUT2D eigenvalue weighted by atomic mass is 35.5. The number of nitrogens with two attached hydrogens (primary N) is 1. The lowest BCUT2D eigenvalue weighted by Gasteiger charge is -2.28. The summed E-state index contributed by atoms with van der Waals surface area (Å²) >= 11 is 5.81. The van der Waals surface area contributed by atoms with Crippen LogP contribution in [-0.4, -0.2) is 5.91 Å². The van der Waals surface area contributed by atoms with Crippen molar-refractivity contribution in [3.63, 3.8) is 0 Å². The van der Waals surface area contributed by atoms with Gasteiger partial charge in [-0.05, 0) is 30.5 Å². The Morgan fingerprint density at radius 3 is 2.07 bits per heavy atom. The molecule has 0 aliphatic carbocycles. The summed E-state index contributed by atoms with van der Waals surface area (Å²) in [6.45, 7) is 3.95. The number of rotatable bonds is 4. The molecular formula is C12H16ClNO.